The van der Waals surface area contributed by atoms with Gasteiger partial charge in [-0.1, -0.05) is 13.0 Å². The van der Waals surface area contributed by atoms with E-state index in [2.05, 4.69) is 28.9 Å². The quantitative estimate of drug-likeness (QED) is 0.497. The number of nitrogens with zero attached hydrogens (tertiary/aromatic N) is 2. The van der Waals surface area contributed by atoms with Crippen LogP contribution in [0.25, 0.3) is 0 Å². The number of rotatable bonds is 4. The molecular formula is C27H36N2O5. The fourth-order valence-corrected chi connectivity index (χ4v) is 7.87. The average molecular weight is 469 g/mol. The van der Waals surface area contributed by atoms with E-state index < -0.39 is 0 Å². The van der Waals surface area contributed by atoms with Crippen LogP contribution in [0.5, 0.6) is 11.5 Å². The Morgan fingerprint density at radius 3 is 2.68 bits per heavy atom. The molecule has 2 saturated carbocycles. The van der Waals surface area contributed by atoms with Crippen LogP contribution in [0.4, 0.5) is 0 Å². The molecule has 1 spiro atoms. The molecule has 0 radical (unpaired) electrons. The first kappa shape index (κ1) is 21.5. The third-order valence-corrected chi connectivity index (χ3v) is 9.84. The number of ether oxygens (including phenoxy) is 4. The molecule has 0 N–H and O–H groups in total. The van der Waals surface area contributed by atoms with Crippen molar-refractivity contribution >= 4 is 5.97 Å². The molecule has 0 bridgehead atoms. The number of carbonyl (C=O) groups is 1. The van der Waals surface area contributed by atoms with E-state index in [4.69, 9.17) is 18.9 Å². The zero-order valence-electron chi connectivity index (χ0n) is 20.2. The lowest BCUT2D eigenvalue weighted by molar-refractivity contribution is -0.147. The van der Waals surface area contributed by atoms with Crippen molar-refractivity contribution < 1.29 is 23.7 Å². The summed E-state index contributed by atoms with van der Waals surface area (Å²) in [6.07, 6.45) is 5.94. The molecule has 7 nitrogen and oxygen atoms in total. The Hall–Kier alpha value is -1.83. The lowest BCUT2D eigenvalue weighted by Gasteiger charge is -2.51. The molecule has 184 valence electrons. The largest absolute Gasteiger partial charge is 0.462 e. The second-order valence-corrected chi connectivity index (χ2v) is 11.9. The number of hydrogen-bond acceptors (Lipinski definition) is 7. The van der Waals surface area contributed by atoms with Crippen molar-refractivity contribution in [1.29, 1.82) is 0 Å². The van der Waals surface area contributed by atoms with Gasteiger partial charge in [-0.15, -0.1) is 0 Å². The van der Waals surface area contributed by atoms with Crippen LogP contribution in [0.15, 0.2) is 18.2 Å². The fraction of sp³-hybridized carbons (Fsp3) is 0.741. The lowest BCUT2D eigenvalue weighted by Crippen LogP contribution is -2.52. The maximum Gasteiger partial charge on any atom is 0.310 e. The van der Waals surface area contributed by atoms with E-state index in [1.165, 1.54) is 24.8 Å². The average Bonchev–Trinajstić information content (AvgIpc) is 3.31. The van der Waals surface area contributed by atoms with Gasteiger partial charge in [-0.2, -0.15) is 0 Å². The summed E-state index contributed by atoms with van der Waals surface area (Å²) in [5, 5.41) is 0. The van der Waals surface area contributed by atoms with Crippen LogP contribution >= 0.6 is 0 Å². The molecule has 4 heterocycles. The van der Waals surface area contributed by atoms with Gasteiger partial charge < -0.3 is 18.9 Å². The molecular weight excluding hydrogens is 432 g/mol. The number of benzene rings is 1. The smallest absolute Gasteiger partial charge is 0.310 e. The van der Waals surface area contributed by atoms with Crippen LogP contribution in [0.2, 0.25) is 0 Å². The first-order valence-corrected chi connectivity index (χ1v) is 13.2. The summed E-state index contributed by atoms with van der Waals surface area (Å²) >= 11 is 0. The molecule has 6 atom stereocenters. The minimum Gasteiger partial charge on any atom is -0.462 e. The highest BCUT2D eigenvalue weighted by Crippen LogP contribution is 2.62. The second-order valence-electron chi connectivity index (χ2n) is 11.9. The summed E-state index contributed by atoms with van der Waals surface area (Å²) in [7, 11) is 0. The van der Waals surface area contributed by atoms with Gasteiger partial charge >= 0.3 is 5.97 Å². The van der Waals surface area contributed by atoms with E-state index in [-0.39, 0.29) is 29.0 Å². The predicted molar refractivity (Wildman–Crippen MR) is 125 cm³/mol. The molecule has 7 heteroatoms. The van der Waals surface area contributed by atoms with Gasteiger partial charge in [0.05, 0.1) is 18.1 Å². The molecule has 6 aliphatic rings. The van der Waals surface area contributed by atoms with E-state index in [1.807, 2.05) is 6.07 Å². The van der Waals surface area contributed by atoms with Gasteiger partial charge in [0.15, 0.2) is 11.5 Å². The van der Waals surface area contributed by atoms with Crippen molar-refractivity contribution in [3.8, 4) is 11.5 Å². The summed E-state index contributed by atoms with van der Waals surface area (Å²) in [4.78, 5) is 18.0. The van der Waals surface area contributed by atoms with E-state index in [9.17, 15) is 4.79 Å². The SMILES string of the molecule is C[C@]12CCC[C@@]3(CO3)[C@@H]1C[C@@H]1[C@@H](C2)OC(=O)[C@@H]1CN1CCN(Cc2ccc3c(c2)OCO3)CC1. The predicted octanol–water partition coefficient (Wildman–Crippen LogP) is 3.06. The highest BCUT2D eigenvalue weighted by Gasteiger charge is 2.65. The Bertz CT molecular complexity index is 972. The molecule has 3 saturated heterocycles. The molecule has 7 rings (SSSR count). The van der Waals surface area contributed by atoms with Crippen LogP contribution in [0.1, 0.15) is 44.6 Å². The first-order valence-electron chi connectivity index (χ1n) is 13.2. The van der Waals surface area contributed by atoms with E-state index in [0.29, 0.717) is 18.6 Å². The third kappa shape index (κ3) is 3.54. The standard InChI is InChI=1S/C27H36N2O5/c1-26-5-2-6-27(16-33-27)24(26)12-19-20(25(30)34-23(19)13-26)15-29-9-7-28(8-10-29)14-18-3-4-21-22(11-18)32-17-31-21/h3-4,11,19-20,23-24H,2,5-10,12-17H2,1H3/t19-,20+,23+,24+,26+,27+/m0/s1. The number of esters is 1. The van der Waals surface area contributed by atoms with Crippen molar-refractivity contribution in [2.45, 2.75) is 57.3 Å². The van der Waals surface area contributed by atoms with Crippen molar-refractivity contribution in [2.75, 3.05) is 46.1 Å². The zero-order chi connectivity index (χ0) is 22.9. The summed E-state index contributed by atoms with van der Waals surface area (Å²) in [5.74, 6) is 2.71. The van der Waals surface area contributed by atoms with Gasteiger partial charge in [-0.05, 0) is 61.1 Å². The Morgan fingerprint density at radius 2 is 1.85 bits per heavy atom. The zero-order valence-corrected chi connectivity index (χ0v) is 20.2. The van der Waals surface area contributed by atoms with Crippen molar-refractivity contribution in [3.63, 3.8) is 0 Å². The molecule has 1 aromatic carbocycles. The normalized spacial score (nSPS) is 41.3. The van der Waals surface area contributed by atoms with E-state index in [0.717, 1.165) is 70.2 Å². The Labute approximate surface area is 201 Å². The van der Waals surface area contributed by atoms with Crippen LogP contribution in [-0.4, -0.2) is 73.6 Å². The number of carbonyl (C=O) groups excluding carboxylic acids is 1. The summed E-state index contributed by atoms with van der Waals surface area (Å²) in [6, 6.07) is 6.24. The monoisotopic (exact) mass is 468 g/mol. The summed E-state index contributed by atoms with van der Waals surface area (Å²) < 4.78 is 23.0. The number of fused-ring (bicyclic) bond motifs is 4. The van der Waals surface area contributed by atoms with E-state index in [1.54, 1.807) is 0 Å². The van der Waals surface area contributed by atoms with Crippen LogP contribution < -0.4 is 9.47 Å². The minimum atomic E-state index is 0.0210. The third-order valence-electron chi connectivity index (χ3n) is 9.84. The molecule has 4 aliphatic heterocycles. The Morgan fingerprint density at radius 1 is 1.06 bits per heavy atom. The molecule has 1 aromatic rings. The highest BCUT2D eigenvalue weighted by atomic mass is 16.7. The van der Waals surface area contributed by atoms with Gasteiger partial charge in [-0.3, -0.25) is 14.6 Å². The molecule has 34 heavy (non-hydrogen) atoms. The summed E-state index contributed by atoms with van der Waals surface area (Å²) in [5.41, 5.74) is 1.65. The highest BCUT2D eigenvalue weighted by molar-refractivity contribution is 5.75. The lowest BCUT2D eigenvalue weighted by atomic mass is 9.53. The van der Waals surface area contributed by atoms with Crippen molar-refractivity contribution in [3.05, 3.63) is 23.8 Å². The maximum atomic E-state index is 13.0. The van der Waals surface area contributed by atoms with E-state index >= 15 is 0 Å². The van der Waals surface area contributed by atoms with Gasteiger partial charge in [0, 0.05) is 45.2 Å². The number of piperazine rings is 1. The molecule has 0 unspecified atom stereocenters. The Balaban J connectivity index is 0.971. The molecule has 0 aromatic heterocycles. The van der Waals surface area contributed by atoms with Crippen LogP contribution in [0, 0.1) is 23.2 Å². The van der Waals surface area contributed by atoms with Gasteiger partial charge in [0.1, 0.15) is 6.10 Å². The minimum absolute atomic E-state index is 0.0210. The fourth-order valence-electron chi connectivity index (χ4n) is 7.87. The molecule has 5 fully saturated rings. The van der Waals surface area contributed by atoms with Crippen LogP contribution in [-0.2, 0) is 20.8 Å². The molecule has 0 amide bonds. The van der Waals surface area contributed by atoms with Crippen molar-refractivity contribution in [1.82, 2.24) is 9.80 Å². The summed E-state index contributed by atoms with van der Waals surface area (Å²) in [6.45, 7) is 9.46. The maximum absolute atomic E-state index is 13.0. The van der Waals surface area contributed by atoms with Gasteiger partial charge in [0.2, 0.25) is 6.79 Å². The molecule has 2 aliphatic carbocycles. The van der Waals surface area contributed by atoms with Gasteiger partial charge in [0.25, 0.3) is 0 Å². The second kappa shape index (κ2) is 7.84. The topological polar surface area (TPSA) is 63.8 Å². The number of epoxide rings is 1. The van der Waals surface area contributed by atoms with Crippen LogP contribution in [0.3, 0.4) is 0 Å². The first-order chi connectivity index (χ1) is 16.5. The number of hydrogen-bond donors (Lipinski definition) is 0. The van der Waals surface area contributed by atoms with Gasteiger partial charge in [-0.25, -0.2) is 0 Å². The Kier molecular flexibility index (Phi) is 4.94. The van der Waals surface area contributed by atoms with Crippen molar-refractivity contribution in [2.24, 2.45) is 23.2 Å².